The average Bonchev–Trinajstić information content (AvgIpc) is 2.88. The van der Waals surface area contributed by atoms with Crippen molar-refractivity contribution in [2.45, 2.75) is 26.7 Å². The van der Waals surface area contributed by atoms with Crippen molar-refractivity contribution in [3.05, 3.63) is 63.3 Å². The number of rotatable bonds is 3. The summed E-state index contributed by atoms with van der Waals surface area (Å²) in [5, 5.41) is 0. The van der Waals surface area contributed by atoms with E-state index in [2.05, 4.69) is 9.97 Å². The van der Waals surface area contributed by atoms with E-state index in [9.17, 15) is 14.4 Å². The van der Waals surface area contributed by atoms with Crippen LogP contribution >= 0.6 is 0 Å². The van der Waals surface area contributed by atoms with Gasteiger partial charge in [0.2, 0.25) is 5.91 Å². The largest absolute Gasteiger partial charge is 0.341 e. The zero-order valence-corrected chi connectivity index (χ0v) is 15.7. The van der Waals surface area contributed by atoms with E-state index in [1.807, 2.05) is 12.1 Å². The molecule has 27 heavy (non-hydrogen) atoms. The molecule has 1 fully saturated rings. The molecule has 3 rings (SSSR count). The zero-order chi connectivity index (χ0) is 19.4. The third-order valence-electron chi connectivity index (χ3n) is 4.79. The molecule has 0 aliphatic carbocycles. The Labute approximate surface area is 158 Å². The molecule has 0 unspecified atom stereocenters. The lowest BCUT2D eigenvalue weighted by molar-refractivity contribution is -0.130. The second kappa shape index (κ2) is 8.16. The van der Waals surface area contributed by atoms with Gasteiger partial charge in [0.1, 0.15) is 5.56 Å². The number of aromatic amines is 1. The first-order chi connectivity index (χ1) is 13.0. The normalized spacial score (nSPS) is 14.7. The summed E-state index contributed by atoms with van der Waals surface area (Å²) in [5.74, 6) is -0.239. The number of pyridine rings is 2. The zero-order valence-electron chi connectivity index (χ0n) is 15.7. The van der Waals surface area contributed by atoms with E-state index in [0.29, 0.717) is 44.6 Å². The lowest BCUT2D eigenvalue weighted by Crippen LogP contribution is -2.39. The van der Waals surface area contributed by atoms with Crippen LogP contribution in [0.3, 0.4) is 0 Å². The molecule has 2 amide bonds. The van der Waals surface area contributed by atoms with Crippen LogP contribution < -0.4 is 5.56 Å². The number of nitrogens with one attached hydrogen (secondary N) is 1. The molecule has 1 N–H and O–H groups in total. The van der Waals surface area contributed by atoms with Crippen molar-refractivity contribution in [3.8, 4) is 0 Å². The fourth-order valence-corrected chi connectivity index (χ4v) is 3.44. The average molecular weight is 368 g/mol. The fraction of sp³-hybridized carbons (Fsp3) is 0.400. The number of aromatic nitrogens is 2. The molecule has 0 spiro atoms. The van der Waals surface area contributed by atoms with Gasteiger partial charge in [0.15, 0.2) is 0 Å². The van der Waals surface area contributed by atoms with Crippen molar-refractivity contribution in [2.24, 2.45) is 0 Å². The third kappa shape index (κ3) is 4.42. The van der Waals surface area contributed by atoms with Gasteiger partial charge < -0.3 is 14.8 Å². The Morgan fingerprint density at radius 1 is 1.15 bits per heavy atom. The van der Waals surface area contributed by atoms with E-state index in [0.717, 1.165) is 11.3 Å². The fourth-order valence-electron chi connectivity index (χ4n) is 3.44. The second-order valence-electron chi connectivity index (χ2n) is 6.90. The van der Waals surface area contributed by atoms with Gasteiger partial charge in [-0.25, -0.2) is 0 Å². The van der Waals surface area contributed by atoms with Crippen molar-refractivity contribution >= 4 is 11.8 Å². The van der Waals surface area contributed by atoms with Gasteiger partial charge in [0.05, 0.1) is 6.42 Å². The van der Waals surface area contributed by atoms with Crippen molar-refractivity contribution in [1.82, 2.24) is 19.8 Å². The highest BCUT2D eigenvalue weighted by atomic mass is 16.2. The first-order valence-corrected chi connectivity index (χ1v) is 9.12. The van der Waals surface area contributed by atoms with E-state index in [4.69, 9.17) is 0 Å². The van der Waals surface area contributed by atoms with Crippen LogP contribution in [0.25, 0.3) is 0 Å². The van der Waals surface area contributed by atoms with Gasteiger partial charge in [-0.15, -0.1) is 0 Å². The molecule has 0 saturated carbocycles. The van der Waals surface area contributed by atoms with Crippen LogP contribution in [0.15, 0.2) is 35.4 Å². The maximum Gasteiger partial charge on any atom is 0.261 e. The number of nitrogens with zero attached hydrogens (tertiary/aromatic N) is 3. The maximum absolute atomic E-state index is 12.9. The van der Waals surface area contributed by atoms with Crippen molar-refractivity contribution in [2.75, 3.05) is 26.2 Å². The second-order valence-corrected chi connectivity index (χ2v) is 6.90. The number of carbonyl (C=O) groups is 2. The Hall–Kier alpha value is -2.96. The van der Waals surface area contributed by atoms with E-state index >= 15 is 0 Å². The summed E-state index contributed by atoms with van der Waals surface area (Å²) in [7, 11) is 0. The first kappa shape index (κ1) is 18.8. The van der Waals surface area contributed by atoms with Crippen molar-refractivity contribution in [3.63, 3.8) is 0 Å². The molecule has 3 heterocycles. The van der Waals surface area contributed by atoms with E-state index in [1.54, 1.807) is 42.1 Å². The van der Waals surface area contributed by atoms with Gasteiger partial charge in [0.25, 0.3) is 11.5 Å². The van der Waals surface area contributed by atoms with E-state index in [1.165, 1.54) is 0 Å². The summed E-state index contributed by atoms with van der Waals surface area (Å²) in [4.78, 5) is 47.8. The van der Waals surface area contributed by atoms with Crippen LogP contribution in [0.1, 0.15) is 33.6 Å². The van der Waals surface area contributed by atoms with Gasteiger partial charge in [-0.05, 0) is 43.5 Å². The van der Waals surface area contributed by atoms with Gasteiger partial charge in [0, 0.05) is 44.3 Å². The topological polar surface area (TPSA) is 86.4 Å². The highest BCUT2D eigenvalue weighted by Gasteiger charge is 2.25. The maximum atomic E-state index is 12.9. The minimum Gasteiger partial charge on any atom is -0.341 e. The highest BCUT2D eigenvalue weighted by Crippen LogP contribution is 2.12. The molecule has 0 aromatic carbocycles. The SMILES string of the molecule is Cc1cc(C)c(C(=O)N2CCCN(C(=O)Cc3cccnc3)CC2)c(=O)[nH]1. The van der Waals surface area contributed by atoms with E-state index < -0.39 is 0 Å². The van der Waals surface area contributed by atoms with Crippen molar-refractivity contribution < 1.29 is 9.59 Å². The number of aryl methyl sites for hydroxylation is 2. The first-order valence-electron chi connectivity index (χ1n) is 9.12. The van der Waals surface area contributed by atoms with Crippen molar-refractivity contribution in [1.29, 1.82) is 0 Å². The molecule has 0 radical (unpaired) electrons. The minimum atomic E-state index is -0.355. The Bertz CT molecular complexity index is 892. The summed E-state index contributed by atoms with van der Waals surface area (Å²) in [6.45, 7) is 5.59. The molecule has 2 aromatic heterocycles. The smallest absolute Gasteiger partial charge is 0.261 e. The van der Waals surface area contributed by atoms with Crippen LogP contribution in [0.4, 0.5) is 0 Å². The number of hydrogen-bond acceptors (Lipinski definition) is 4. The Morgan fingerprint density at radius 3 is 2.59 bits per heavy atom. The molecule has 1 saturated heterocycles. The number of carbonyl (C=O) groups excluding carboxylic acids is 2. The molecule has 2 aromatic rings. The predicted molar refractivity (Wildman–Crippen MR) is 102 cm³/mol. The molecule has 1 aliphatic heterocycles. The van der Waals surface area contributed by atoms with Crippen LogP contribution in [0.2, 0.25) is 0 Å². The minimum absolute atomic E-state index is 0.0293. The monoisotopic (exact) mass is 368 g/mol. The number of H-pyrrole nitrogens is 1. The van der Waals surface area contributed by atoms with Crippen LogP contribution in [-0.4, -0.2) is 57.8 Å². The predicted octanol–water partition coefficient (Wildman–Crippen LogP) is 1.30. The Kier molecular flexibility index (Phi) is 5.69. The molecular formula is C20H24N4O3. The molecule has 142 valence electrons. The van der Waals surface area contributed by atoms with Gasteiger partial charge in [-0.1, -0.05) is 6.07 Å². The van der Waals surface area contributed by atoms with Crippen LogP contribution in [-0.2, 0) is 11.2 Å². The molecular weight excluding hydrogens is 344 g/mol. The van der Waals surface area contributed by atoms with Crippen LogP contribution in [0, 0.1) is 13.8 Å². The summed E-state index contributed by atoms with van der Waals surface area (Å²) < 4.78 is 0. The Balaban J connectivity index is 1.67. The molecule has 0 bridgehead atoms. The van der Waals surface area contributed by atoms with Gasteiger partial charge in [-0.2, -0.15) is 0 Å². The van der Waals surface area contributed by atoms with Gasteiger partial charge >= 0.3 is 0 Å². The standard InChI is InChI=1S/C20H24N4O3/c1-14-11-15(2)22-19(26)18(14)20(27)24-8-4-7-23(9-10-24)17(25)12-16-5-3-6-21-13-16/h3,5-6,11,13H,4,7-10,12H2,1-2H3,(H,22,26). The summed E-state index contributed by atoms with van der Waals surface area (Å²) in [5.41, 5.74) is 2.12. The molecule has 0 atom stereocenters. The molecule has 7 heteroatoms. The number of hydrogen-bond donors (Lipinski definition) is 1. The van der Waals surface area contributed by atoms with Crippen LogP contribution in [0.5, 0.6) is 0 Å². The lowest BCUT2D eigenvalue weighted by Gasteiger charge is -2.22. The quantitative estimate of drug-likeness (QED) is 0.885. The lowest BCUT2D eigenvalue weighted by atomic mass is 10.1. The van der Waals surface area contributed by atoms with E-state index in [-0.39, 0.29) is 22.9 Å². The summed E-state index contributed by atoms with van der Waals surface area (Å²) >= 11 is 0. The number of amides is 2. The third-order valence-corrected chi connectivity index (χ3v) is 4.79. The van der Waals surface area contributed by atoms with Gasteiger partial charge in [-0.3, -0.25) is 19.4 Å². The highest BCUT2D eigenvalue weighted by molar-refractivity contribution is 5.95. The summed E-state index contributed by atoms with van der Waals surface area (Å²) in [6.07, 6.45) is 4.36. The molecule has 1 aliphatic rings. The Morgan fingerprint density at radius 2 is 1.89 bits per heavy atom. The molecule has 7 nitrogen and oxygen atoms in total. The summed E-state index contributed by atoms with van der Waals surface area (Å²) in [6, 6.07) is 5.49.